The van der Waals surface area contributed by atoms with E-state index in [1.807, 2.05) is 0 Å². The van der Waals surface area contributed by atoms with E-state index >= 15 is 0 Å². The van der Waals surface area contributed by atoms with Crippen molar-refractivity contribution in [2.24, 2.45) is 5.92 Å². The summed E-state index contributed by atoms with van der Waals surface area (Å²) in [5.74, 6) is -2.17. The van der Waals surface area contributed by atoms with E-state index in [2.05, 4.69) is 6.92 Å². The maximum atomic E-state index is 14.1. The van der Waals surface area contributed by atoms with Crippen LogP contribution in [0, 0.1) is 17.6 Å². The lowest BCUT2D eigenvalue weighted by atomic mass is 9.79. The van der Waals surface area contributed by atoms with Crippen LogP contribution in [-0.4, -0.2) is 30.4 Å². The lowest BCUT2D eigenvalue weighted by molar-refractivity contribution is -0.207. The fraction of sp³-hybridized carbons (Fsp3) is 0.684. The Bertz CT molecular complexity index is 549. The Labute approximate surface area is 154 Å². The van der Waals surface area contributed by atoms with Crippen LogP contribution in [0.25, 0.3) is 0 Å². The van der Waals surface area contributed by atoms with Gasteiger partial charge >= 0.3 is 7.12 Å². The van der Waals surface area contributed by atoms with Crippen LogP contribution in [0.5, 0.6) is 0 Å². The smallest absolute Gasteiger partial charge is 0.423 e. The van der Waals surface area contributed by atoms with E-state index < -0.39 is 30.5 Å². The quantitative estimate of drug-likeness (QED) is 0.489. The summed E-state index contributed by atoms with van der Waals surface area (Å²) in [6, 6.07) is 2.41. The molecular weight excluding hydrogens is 341 g/mol. The highest BCUT2D eigenvalue weighted by Crippen LogP contribution is 2.29. The van der Waals surface area contributed by atoms with Crippen LogP contribution in [0.15, 0.2) is 12.1 Å². The van der Waals surface area contributed by atoms with Gasteiger partial charge in [0.15, 0.2) is 17.9 Å². The largest absolute Gasteiger partial charge is 0.491 e. The van der Waals surface area contributed by atoms with Gasteiger partial charge in [-0.15, -0.1) is 0 Å². The first-order valence-electron chi connectivity index (χ1n) is 9.61. The van der Waals surface area contributed by atoms with Crippen molar-refractivity contribution >= 4 is 12.6 Å². The summed E-state index contributed by atoms with van der Waals surface area (Å²) in [5, 5.41) is 18.0. The third kappa shape index (κ3) is 6.01. The molecule has 1 aliphatic rings. The van der Waals surface area contributed by atoms with Crippen molar-refractivity contribution in [2.45, 2.75) is 64.6 Å². The fourth-order valence-electron chi connectivity index (χ4n) is 3.24. The molecule has 1 aliphatic heterocycles. The minimum Gasteiger partial charge on any atom is -0.423 e. The normalized spacial score (nSPS) is 20.3. The van der Waals surface area contributed by atoms with Crippen LogP contribution in [0.2, 0.25) is 0 Å². The molecular formula is C19H29BF2O4. The molecule has 0 amide bonds. The van der Waals surface area contributed by atoms with Gasteiger partial charge in [0.05, 0.1) is 13.2 Å². The summed E-state index contributed by atoms with van der Waals surface area (Å²) >= 11 is 0. The molecule has 0 unspecified atom stereocenters. The Kier molecular flexibility index (Phi) is 8.98. The van der Waals surface area contributed by atoms with Gasteiger partial charge in [0.2, 0.25) is 0 Å². The Morgan fingerprint density at radius 3 is 2.19 bits per heavy atom. The number of ether oxygens (including phenoxy) is 2. The molecule has 1 aromatic carbocycles. The van der Waals surface area contributed by atoms with Crippen LogP contribution in [0.3, 0.4) is 0 Å². The average molecular weight is 370 g/mol. The first-order chi connectivity index (χ1) is 12.5. The van der Waals surface area contributed by atoms with Crippen LogP contribution in [-0.2, 0) is 9.47 Å². The molecule has 0 bridgehead atoms. The molecule has 1 saturated heterocycles. The summed E-state index contributed by atoms with van der Waals surface area (Å²) in [6.45, 7) is 3.11. The van der Waals surface area contributed by atoms with Crippen molar-refractivity contribution in [2.75, 3.05) is 13.2 Å². The molecule has 0 aliphatic carbocycles. The van der Waals surface area contributed by atoms with E-state index in [9.17, 15) is 8.78 Å². The second-order valence-corrected chi connectivity index (χ2v) is 7.02. The van der Waals surface area contributed by atoms with Gasteiger partial charge in [-0.05, 0) is 6.42 Å². The van der Waals surface area contributed by atoms with E-state index in [0.717, 1.165) is 18.9 Å². The molecule has 4 nitrogen and oxygen atoms in total. The van der Waals surface area contributed by atoms with E-state index in [4.69, 9.17) is 19.5 Å². The third-order valence-corrected chi connectivity index (χ3v) is 4.86. The second-order valence-electron chi connectivity index (χ2n) is 7.02. The molecule has 0 aromatic heterocycles. The number of unbranched alkanes of at least 4 members (excludes halogenated alkanes) is 6. The molecule has 1 aromatic rings. The molecule has 7 heteroatoms. The summed E-state index contributed by atoms with van der Waals surface area (Å²) in [5.41, 5.74) is -0.555. The van der Waals surface area contributed by atoms with Gasteiger partial charge in [0.1, 0.15) is 0 Å². The highest BCUT2D eigenvalue weighted by molar-refractivity contribution is 6.58. The Balaban J connectivity index is 1.74. The molecule has 0 radical (unpaired) electrons. The topological polar surface area (TPSA) is 58.9 Å². The first kappa shape index (κ1) is 21.3. The maximum Gasteiger partial charge on any atom is 0.491 e. The molecule has 2 N–H and O–H groups in total. The minimum absolute atomic E-state index is 0.0544. The van der Waals surface area contributed by atoms with E-state index in [-0.39, 0.29) is 11.5 Å². The monoisotopic (exact) mass is 370 g/mol. The van der Waals surface area contributed by atoms with Crippen molar-refractivity contribution in [1.82, 2.24) is 0 Å². The molecule has 26 heavy (non-hydrogen) atoms. The van der Waals surface area contributed by atoms with E-state index in [0.29, 0.717) is 13.2 Å². The average Bonchev–Trinajstić information content (AvgIpc) is 2.63. The summed E-state index contributed by atoms with van der Waals surface area (Å²) in [4.78, 5) is 0. The number of benzene rings is 1. The minimum atomic E-state index is -2.06. The zero-order valence-corrected chi connectivity index (χ0v) is 15.4. The van der Waals surface area contributed by atoms with E-state index in [1.54, 1.807) is 0 Å². The summed E-state index contributed by atoms with van der Waals surface area (Å²) < 4.78 is 39.1. The van der Waals surface area contributed by atoms with Crippen molar-refractivity contribution in [3.63, 3.8) is 0 Å². The molecule has 1 fully saturated rings. The van der Waals surface area contributed by atoms with Gasteiger partial charge in [-0.2, -0.15) is 0 Å². The molecule has 2 rings (SSSR count). The van der Waals surface area contributed by atoms with Gasteiger partial charge in [-0.3, -0.25) is 0 Å². The van der Waals surface area contributed by atoms with Crippen molar-refractivity contribution in [1.29, 1.82) is 0 Å². The first-order valence-corrected chi connectivity index (χ1v) is 9.61. The maximum absolute atomic E-state index is 14.1. The third-order valence-electron chi connectivity index (χ3n) is 4.86. The lowest BCUT2D eigenvalue weighted by Gasteiger charge is -2.30. The van der Waals surface area contributed by atoms with Crippen LogP contribution in [0.1, 0.15) is 70.1 Å². The highest BCUT2D eigenvalue weighted by Gasteiger charge is 2.29. The predicted octanol–water partition coefficient (Wildman–Crippen LogP) is 3.45. The van der Waals surface area contributed by atoms with Gasteiger partial charge in [0.25, 0.3) is 0 Å². The SMILES string of the molecule is CCCCCCCCCC1COC(c2ccc(B(O)O)c(F)c2F)OC1. The molecule has 1 heterocycles. The molecule has 0 atom stereocenters. The lowest BCUT2D eigenvalue weighted by Crippen LogP contribution is -2.35. The highest BCUT2D eigenvalue weighted by atomic mass is 19.2. The zero-order chi connectivity index (χ0) is 18.9. The Morgan fingerprint density at radius 2 is 1.58 bits per heavy atom. The van der Waals surface area contributed by atoms with Crippen molar-refractivity contribution in [3.05, 3.63) is 29.3 Å². The van der Waals surface area contributed by atoms with Gasteiger partial charge < -0.3 is 19.5 Å². The van der Waals surface area contributed by atoms with Crippen LogP contribution < -0.4 is 5.46 Å². The number of rotatable bonds is 10. The number of hydrogen-bond acceptors (Lipinski definition) is 4. The van der Waals surface area contributed by atoms with Crippen LogP contribution >= 0.6 is 0 Å². The standard InChI is InChI=1S/C19H29BF2O4/c1-2-3-4-5-6-7-8-9-14-12-25-19(26-13-14)15-10-11-16(20(23)24)18(22)17(15)21/h10-11,14,19,23-24H,2-9,12-13H2,1H3. The zero-order valence-electron chi connectivity index (χ0n) is 15.4. The molecule has 0 spiro atoms. The van der Waals surface area contributed by atoms with E-state index in [1.165, 1.54) is 44.6 Å². The van der Waals surface area contributed by atoms with Gasteiger partial charge in [-0.25, -0.2) is 8.78 Å². The summed E-state index contributed by atoms with van der Waals surface area (Å²) in [6.07, 6.45) is 8.79. The Hall–Kier alpha value is -1.02. The van der Waals surface area contributed by atoms with Crippen LogP contribution in [0.4, 0.5) is 8.78 Å². The van der Waals surface area contributed by atoms with Crippen molar-refractivity contribution < 1.29 is 28.3 Å². The van der Waals surface area contributed by atoms with Crippen molar-refractivity contribution in [3.8, 4) is 0 Å². The molecule has 146 valence electrons. The number of hydrogen-bond donors (Lipinski definition) is 2. The molecule has 0 saturated carbocycles. The summed E-state index contributed by atoms with van der Waals surface area (Å²) in [7, 11) is -2.06. The number of halogens is 2. The predicted molar refractivity (Wildman–Crippen MR) is 96.9 cm³/mol. The fourth-order valence-corrected chi connectivity index (χ4v) is 3.24. The van der Waals surface area contributed by atoms with Gasteiger partial charge in [0, 0.05) is 16.9 Å². The van der Waals surface area contributed by atoms with Gasteiger partial charge in [-0.1, -0.05) is 64.0 Å². The Morgan fingerprint density at radius 1 is 0.962 bits per heavy atom. The second kappa shape index (κ2) is 11.0.